The molecule has 21 heavy (non-hydrogen) atoms. The Morgan fingerprint density at radius 1 is 1.24 bits per heavy atom. The lowest BCUT2D eigenvalue weighted by Crippen LogP contribution is -2.11. The lowest BCUT2D eigenvalue weighted by Gasteiger charge is -2.06. The summed E-state index contributed by atoms with van der Waals surface area (Å²) >= 11 is 0. The van der Waals surface area contributed by atoms with Gasteiger partial charge in [0.1, 0.15) is 11.5 Å². The molecule has 0 saturated carbocycles. The zero-order valence-corrected chi connectivity index (χ0v) is 11.8. The summed E-state index contributed by atoms with van der Waals surface area (Å²) in [5.74, 6) is -0.663. The molecule has 5 heteroatoms. The van der Waals surface area contributed by atoms with Crippen molar-refractivity contribution in [1.82, 2.24) is 9.55 Å². The molecule has 0 amide bonds. The smallest absolute Gasteiger partial charge is 0.355 e. The summed E-state index contributed by atoms with van der Waals surface area (Å²) in [7, 11) is 0. The van der Waals surface area contributed by atoms with E-state index in [-0.39, 0.29) is 17.9 Å². The molecular formula is C16H15FN2O2. The maximum absolute atomic E-state index is 13.0. The molecule has 0 saturated heterocycles. The Bertz CT molecular complexity index is 784. The number of ether oxygens (including phenoxy) is 1. The van der Waals surface area contributed by atoms with Crippen molar-refractivity contribution in [2.24, 2.45) is 0 Å². The number of rotatable bonds is 3. The number of aromatic amines is 1. The standard InChI is InChI=1S/C16H15FN2O2/c1-10(2)21-16(20)14-9-15-13(18-14)7-8-19(15)12-5-3-11(17)4-6-12/h3-10,18H,1-2H3. The van der Waals surface area contributed by atoms with E-state index in [1.165, 1.54) is 12.1 Å². The number of carbonyl (C=O) groups excluding carboxylic acids is 1. The number of carbonyl (C=O) groups is 1. The van der Waals surface area contributed by atoms with Gasteiger partial charge in [-0.05, 0) is 50.2 Å². The van der Waals surface area contributed by atoms with Gasteiger partial charge < -0.3 is 14.3 Å². The fourth-order valence-electron chi connectivity index (χ4n) is 2.23. The number of hydrogen-bond acceptors (Lipinski definition) is 2. The number of halogens is 1. The van der Waals surface area contributed by atoms with E-state index in [1.54, 1.807) is 32.0 Å². The van der Waals surface area contributed by atoms with Crippen molar-refractivity contribution in [2.45, 2.75) is 20.0 Å². The molecule has 1 N–H and O–H groups in total. The number of H-pyrrole nitrogens is 1. The second kappa shape index (κ2) is 5.09. The summed E-state index contributed by atoms with van der Waals surface area (Å²) in [6.07, 6.45) is 1.70. The van der Waals surface area contributed by atoms with E-state index in [9.17, 15) is 9.18 Å². The van der Waals surface area contributed by atoms with E-state index in [1.807, 2.05) is 16.8 Å². The van der Waals surface area contributed by atoms with E-state index < -0.39 is 0 Å². The van der Waals surface area contributed by atoms with Gasteiger partial charge in [-0.25, -0.2) is 9.18 Å². The van der Waals surface area contributed by atoms with Crippen molar-refractivity contribution >= 4 is 17.0 Å². The summed E-state index contributed by atoms with van der Waals surface area (Å²) < 4.78 is 20.1. The topological polar surface area (TPSA) is 47.0 Å². The van der Waals surface area contributed by atoms with Gasteiger partial charge in [-0.2, -0.15) is 0 Å². The number of aromatic nitrogens is 2. The number of fused-ring (bicyclic) bond motifs is 1. The van der Waals surface area contributed by atoms with Crippen LogP contribution >= 0.6 is 0 Å². The lowest BCUT2D eigenvalue weighted by atomic mass is 10.3. The first-order valence-electron chi connectivity index (χ1n) is 6.71. The van der Waals surface area contributed by atoms with Crippen molar-refractivity contribution < 1.29 is 13.9 Å². The van der Waals surface area contributed by atoms with Crippen LogP contribution in [0.2, 0.25) is 0 Å². The van der Waals surface area contributed by atoms with Crippen LogP contribution in [0.25, 0.3) is 16.7 Å². The Morgan fingerprint density at radius 2 is 1.95 bits per heavy atom. The van der Waals surface area contributed by atoms with Gasteiger partial charge in [0, 0.05) is 11.9 Å². The quantitative estimate of drug-likeness (QED) is 0.747. The van der Waals surface area contributed by atoms with Crippen LogP contribution in [0.1, 0.15) is 24.3 Å². The zero-order chi connectivity index (χ0) is 15.0. The van der Waals surface area contributed by atoms with E-state index in [4.69, 9.17) is 4.74 Å². The van der Waals surface area contributed by atoms with E-state index in [0.29, 0.717) is 5.69 Å². The van der Waals surface area contributed by atoms with Crippen LogP contribution in [0.4, 0.5) is 4.39 Å². The maximum atomic E-state index is 13.0. The van der Waals surface area contributed by atoms with Gasteiger partial charge in [-0.3, -0.25) is 0 Å². The van der Waals surface area contributed by atoms with E-state index in [0.717, 1.165) is 16.7 Å². The first-order valence-corrected chi connectivity index (χ1v) is 6.71. The summed E-state index contributed by atoms with van der Waals surface area (Å²) in [6.45, 7) is 3.61. The zero-order valence-electron chi connectivity index (χ0n) is 11.8. The summed E-state index contributed by atoms with van der Waals surface area (Å²) in [6, 6.07) is 9.79. The summed E-state index contributed by atoms with van der Waals surface area (Å²) in [4.78, 5) is 14.9. The Morgan fingerprint density at radius 3 is 2.62 bits per heavy atom. The van der Waals surface area contributed by atoms with Crippen LogP contribution in [0.5, 0.6) is 0 Å². The third-order valence-corrected chi connectivity index (χ3v) is 3.14. The molecule has 0 unspecified atom stereocenters. The molecule has 2 aromatic heterocycles. The number of nitrogens with one attached hydrogen (secondary N) is 1. The Labute approximate surface area is 121 Å². The molecule has 0 spiro atoms. The SMILES string of the molecule is CC(C)OC(=O)c1cc2c(ccn2-c2ccc(F)cc2)[nH]1. The van der Waals surface area contributed by atoms with Crippen LogP contribution < -0.4 is 0 Å². The van der Waals surface area contributed by atoms with Crippen molar-refractivity contribution in [3.05, 3.63) is 54.1 Å². The summed E-state index contributed by atoms with van der Waals surface area (Å²) in [5, 5.41) is 0. The van der Waals surface area contributed by atoms with Crippen LogP contribution in [0.3, 0.4) is 0 Å². The Balaban J connectivity index is 2.00. The molecule has 3 aromatic rings. The second-order valence-corrected chi connectivity index (χ2v) is 5.10. The Hall–Kier alpha value is -2.56. The summed E-state index contributed by atoms with van der Waals surface area (Å²) in [5.41, 5.74) is 2.91. The highest BCUT2D eigenvalue weighted by atomic mass is 19.1. The molecule has 2 heterocycles. The third-order valence-electron chi connectivity index (χ3n) is 3.14. The van der Waals surface area contributed by atoms with Crippen LogP contribution in [-0.4, -0.2) is 21.6 Å². The highest BCUT2D eigenvalue weighted by Crippen LogP contribution is 2.22. The predicted molar refractivity (Wildman–Crippen MR) is 78.1 cm³/mol. The fourth-order valence-corrected chi connectivity index (χ4v) is 2.23. The van der Waals surface area contributed by atoms with Gasteiger partial charge in [0.25, 0.3) is 0 Å². The highest BCUT2D eigenvalue weighted by Gasteiger charge is 2.15. The third kappa shape index (κ3) is 2.54. The van der Waals surface area contributed by atoms with Gasteiger partial charge in [-0.1, -0.05) is 0 Å². The van der Waals surface area contributed by atoms with Gasteiger partial charge in [0.15, 0.2) is 0 Å². The van der Waals surface area contributed by atoms with Crippen molar-refractivity contribution in [1.29, 1.82) is 0 Å². The van der Waals surface area contributed by atoms with E-state index in [2.05, 4.69) is 4.98 Å². The molecule has 0 atom stereocenters. The van der Waals surface area contributed by atoms with Crippen molar-refractivity contribution in [3.8, 4) is 5.69 Å². The number of hydrogen-bond donors (Lipinski definition) is 1. The lowest BCUT2D eigenvalue weighted by molar-refractivity contribution is 0.0372. The van der Waals surface area contributed by atoms with Crippen LogP contribution in [0, 0.1) is 5.82 Å². The average Bonchev–Trinajstić information content (AvgIpc) is 2.99. The second-order valence-electron chi connectivity index (χ2n) is 5.10. The minimum absolute atomic E-state index is 0.167. The first-order chi connectivity index (χ1) is 10.0. The molecular weight excluding hydrogens is 271 g/mol. The first kappa shape index (κ1) is 13.4. The molecule has 3 rings (SSSR count). The van der Waals surface area contributed by atoms with Crippen LogP contribution in [-0.2, 0) is 4.74 Å². The van der Waals surface area contributed by atoms with Crippen molar-refractivity contribution in [2.75, 3.05) is 0 Å². The molecule has 0 aliphatic rings. The molecule has 108 valence electrons. The molecule has 0 aliphatic carbocycles. The van der Waals surface area contributed by atoms with Crippen LogP contribution in [0.15, 0.2) is 42.6 Å². The highest BCUT2D eigenvalue weighted by molar-refractivity contribution is 5.94. The Kier molecular flexibility index (Phi) is 3.25. The van der Waals surface area contributed by atoms with E-state index >= 15 is 0 Å². The normalized spacial score (nSPS) is 11.2. The monoisotopic (exact) mass is 286 g/mol. The molecule has 0 bridgehead atoms. The molecule has 0 fully saturated rings. The molecule has 1 aromatic carbocycles. The molecule has 0 radical (unpaired) electrons. The number of nitrogens with zero attached hydrogens (tertiary/aromatic N) is 1. The predicted octanol–water partition coefficient (Wildman–Crippen LogP) is 3.66. The van der Waals surface area contributed by atoms with Gasteiger partial charge in [-0.15, -0.1) is 0 Å². The number of esters is 1. The average molecular weight is 286 g/mol. The minimum Gasteiger partial charge on any atom is -0.458 e. The van der Waals surface area contributed by atoms with Gasteiger partial charge in [0.2, 0.25) is 0 Å². The minimum atomic E-state index is -0.383. The van der Waals surface area contributed by atoms with Crippen molar-refractivity contribution in [3.63, 3.8) is 0 Å². The molecule has 4 nitrogen and oxygen atoms in total. The largest absolute Gasteiger partial charge is 0.458 e. The fraction of sp³-hybridized carbons (Fsp3) is 0.188. The number of benzene rings is 1. The van der Waals surface area contributed by atoms with Gasteiger partial charge >= 0.3 is 5.97 Å². The molecule has 0 aliphatic heterocycles. The maximum Gasteiger partial charge on any atom is 0.355 e. The van der Waals surface area contributed by atoms with Gasteiger partial charge in [0.05, 0.1) is 17.1 Å².